The van der Waals surface area contributed by atoms with E-state index in [1.165, 1.54) is 15.9 Å². The molecule has 1 aromatic carbocycles. The Kier molecular flexibility index (Phi) is 7.17. The lowest BCUT2D eigenvalue weighted by atomic mass is 9.89. The van der Waals surface area contributed by atoms with E-state index in [9.17, 15) is 9.59 Å². The zero-order valence-electron chi connectivity index (χ0n) is 23.0. The number of hydrogen-bond acceptors (Lipinski definition) is 7. The number of aromatic nitrogens is 2. The molecule has 0 radical (unpaired) electrons. The number of nitrogens with zero attached hydrogens (tertiary/aromatic N) is 4. The highest BCUT2D eigenvalue weighted by atomic mass is 32.1. The van der Waals surface area contributed by atoms with Gasteiger partial charge in [-0.2, -0.15) is 0 Å². The number of carbonyl (C=O) groups excluding carboxylic acids is 2. The van der Waals surface area contributed by atoms with E-state index in [-0.39, 0.29) is 11.6 Å². The molecule has 0 bridgehead atoms. The first-order chi connectivity index (χ1) is 18.1. The Morgan fingerprint density at radius 2 is 2.00 bits per heavy atom. The SMILES string of the molecule is CCc1cc(NC(=O)C(=O)N2C[C@@H](C)CC[C@@H]2c2ccc3sc([C@H]4CN(C)C(C)(C)C4)nc3c2)cnc1N. The van der Waals surface area contributed by atoms with Crippen LogP contribution in [0, 0.1) is 5.92 Å². The van der Waals surface area contributed by atoms with Crippen LogP contribution in [0.15, 0.2) is 30.5 Å². The van der Waals surface area contributed by atoms with Crippen molar-refractivity contribution in [2.24, 2.45) is 5.92 Å². The van der Waals surface area contributed by atoms with Crippen LogP contribution in [0.2, 0.25) is 0 Å². The number of anilines is 2. The minimum Gasteiger partial charge on any atom is -0.383 e. The summed E-state index contributed by atoms with van der Waals surface area (Å²) in [5, 5.41) is 3.92. The first-order valence-corrected chi connectivity index (χ1v) is 14.3. The number of amides is 2. The molecule has 2 aliphatic heterocycles. The van der Waals surface area contributed by atoms with E-state index in [0.717, 1.165) is 42.5 Å². The molecule has 0 aliphatic carbocycles. The topological polar surface area (TPSA) is 104 Å². The molecule has 2 amide bonds. The van der Waals surface area contributed by atoms with Gasteiger partial charge in [-0.15, -0.1) is 11.3 Å². The summed E-state index contributed by atoms with van der Waals surface area (Å²) in [7, 11) is 2.18. The first-order valence-electron chi connectivity index (χ1n) is 13.5. The molecular formula is C29H38N6O2S. The second-order valence-electron chi connectivity index (χ2n) is 11.6. The first kappa shape index (κ1) is 26.6. The molecule has 202 valence electrons. The van der Waals surface area contributed by atoms with Crippen LogP contribution < -0.4 is 11.1 Å². The van der Waals surface area contributed by atoms with Gasteiger partial charge >= 0.3 is 11.8 Å². The molecule has 8 nitrogen and oxygen atoms in total. The molecular weight excluding hydrogens is 496 g/mol. The van der Waals surface area contributed by atoms with Crippen molar-refractivity contribution in [3.63, 3.8) is 0 Å². The fraction of sp³-hybridized carbons (Fsp3) is 0.517. The average Bonchev–Trinajstić information content (AvgIpc) is 3.43. The maximum absolute atomic E-state index is 13.4. The summed E-state index contributed by atoms with van der Waals surface area (Å²) >= 11 is 1.77. The van der Waals surface area contributed by atoms with Gasteiger partial charge < -0.3 is 20.9 Å². The molecule has 38 heavy (non-hydrogen) atoms. The van der Waals surface area contributed by atoms with Crippen molar-refractivity contribution in [2.75, 3.05) is 31.2 Å². The van der Waals surface area contributed by atoms with Crippen LogP contribution in [0.3, 0.4) is 0 Å². The summed E-state index contributed by atoms with van der Waals surface area (Å²) < 4.78 is 1.17. The molecule has 9 heteroatoms. The summed E-state index contributed by atoms with van der Waals surface area (Å²) in [4.78, 5) is 39.8. The molecule has 2 aliphatic rings. The Morgan fingerprint density at radius 1 is 1.21 bits per heavy atom. The predicted molar refractivity (Wildman–Crippen MR) is 153 cm³/mol. The van der Waals surface area contributed by atoms with Gasteiger partial charge in [0.2, 0.25) is 0 Å². The Bertz CT molecular complexity index is 1370. The number of aryl methyl sites for hydroxylation is 1. The maximum Gasteiger partial charge on any atom is 0.313 e. The number of likely N-dealkylation sites (tertiary alicyclic amines) is 2. The number of rotatable bonds is 4. The molecule has 0 unspecified atom stereocenters. The van der Waals surface area contributed by atoms with Gasteiger partial charge in [-0.1, -0.05) is 19.9 Å². The summed E-state index contributed by atoms with van der Waals surface area (Å²) in [6.45, 7) is 10.2. The molecule has 4 heterocycles. The van der Waals surface area contributed by atoms with Crippen LogP contribution in [0.1, 0.15) is 75.1 Å². The van der Waals surface area contributed by atoms with Crippen molar-refractivity contribution >= 4 is 44.9 Å². The van der Waals surface area contributed by atoms with E-state index in [1.807, 2.05) is 6.92 Å². The lowest BCUT2D eigenvalue weighted by Gasteiger charge is -2.38. The molecule has 3 atom stereocenters. The van der Waals surface area contributed by atoms with Crippen molar-refractivity contribution in [3.8, 4) is 0 Å². The van der Waals surface area contributed by atoms with E-state index in [1.54, 1.807) is 22.3 Å². The number of nitrogens with one attached hydrogen (secondary N) is 1. The number of benzene rings is 1. The fourth-order valence-corrected chi connectivity index (χ4v) is 6.86. The van der Waals surface area contributed by atoms with Crippen molar-refractivity contribution in [1.82, 2.24) is 19.8 Å². The fourth-order valence-electron chi connectivity index (χ4n) is 5.82. The summed E-state index contributed by atoms with van der Waals surface area (Å²) in [5.41, 5.74) is 9.40. The molecule has 2 aromatic heterocycles. The van der Waals surface area contributed by atoms with Gasteiger partial charge in [-0.05, 0) is 81.8 Å². The Hall–Kier alpha value is -3.04. The van der Waals surface area contributed by atoms with E-state index < -0.39 is 11.8 Å². The smallest absolute Gasteiger partial charge is 0.313 e. The minimum absolute atomic E-state index is 0.161. The third-order valence-electron chi connectivity index (χ3n) is 8.35. The van der Waals surface area contributed by atoms with E-state index in [2.05, 4.69) is 61.2 Å². The Labute approximate surface area is 228 Å². The molecule has 3 aromatic rings. The van der Waals surface area contributed by atoms with Gasteiger partial charge in [0.15, 0.2) is 0 Å². The molecule has 0 spiro atoms. The van der Waals surface area contributed by atoms with Gasteiger partial charge in [0.1, 0.15) is 5.82 Å². The summed E-state index contributed by atoms with van der Waals surface area (Å²) in [5.74, 6) is 0.0230. The monoisotopic (exact) mass is 534 g/mol. The third kappa shape index (κ3) is 5.14. The van der Waals surface area contributed by atoms with Crippen LogP contribution in [-0.4, -0.2) is 57.3 Å². The highest BCUT2D eigenvalue weighted by Gasteiger charge is 2.38. The lowest BCUT2D eigenvalue weighted by molar-refractivity contribution is -0.146. The van der Waals surface area contributed by atoms with Gasteiger partial charge in [0.25, 0.3) is 0 Å². The number of pyridine rings is 1. The van der Waals surface area contributed by atoms with Gasteiger partial charge in [-0.3, -0.25) is 9.59 Å². The molecule has 2 fully saturated rings. The van der Waals surface area contributed by atoms with Crippen LogP contribution in [-0.2, 0) is 16.0 Å². The number of piperidine rings is 1. The predicted octanol–water partition coefficient (Wildman–Crippen LogP) is 4.97. The van der Waals surface area contributed by atoms with Gasteiger partial charge in [0.05, 0.1) is 33.2 Å². The largest absolute Gasteiger partial charge is 0.383 e. The van der Waals surface area contributed by atoms with Crippen LogP contribution in [0.4, 0.5) is 11.5 Å². The van der Waals surface area contributed by atoms with Gasteiger partial charge in [-0.25, -0.2) is 9.97 Å². The van der Waals surface area contributed by atoms with Crippen molar-refractivity contribution < 1.29 is 9.59 Å². The second kappa shape index (κ2) is 10.3. The number of nitrogen functional groups attached to an aromatic ring is 1. The normalized spacial score (nSPS) is 23.6. The number of nitrogens with two attached hydrogens (primary N) is 1. The zero-order valence-corrected chi connectivity index (χ0v) is 23.8. The minimum atomic E-state index is -0.650. The number of hydrogen-bond donors (Lipinski definition) is 2. The van der Waals surface area contributed by atoms with Crippen molar-refractivity contribution in [3.05, 3.63) is 46.6 Å². The van der Waals surface area contributed by atoms with Crippen LogP contribution >= 0.6 is 11.3 Å². The van der Waals surface area contributed by atoms with Crippen LogP contribution in [0.5, 0.6) is 0 Å². The molecule has 2 saturated heterocycles. The number of thiazole rings is 1. The van der Waals surface area contributed by atoms with E-state index in [4.69, 9.17) is 10.7 Å². The molecule has 5 rings (SSSR count). The number of carbonyl (C=O) groups is 2. The maximum atomic E-state index is 13.4. The molecule has 3 N–H and O–H groups in total. The zero-order chi connectivity index (χ0) is 27.2. The number of fused-ring (bicyclic) bond motifs is 1. The van der Waals surface area contributed by atoms with Crippen molar-refractivity contribution in [2.45, 2.75) is 70.9 Å². The van der Waals surface area contributed by atoms with E-state index in [0.29, 0.717) is 36.3 Å². The molecule has 0 saturated carbocycles. The quantitative estimate of drug-likeness (QED) is 0.458. The van der Waals surface area contributed by atoms with E-state index >= 15 is 0 Å². The van der Waals surface area contributed by atoms with Crippen LogP contribution in [0.25, 0.3) is 10.2 Å². The van der Waals surface area contributed by atoms with Crippen molar-refractivity contribution in [1.29, 1.82) is 0 Å². The summed E-state index contributed by atoms with van der Waals surface area (Å²) in [6, 6.07) is 7.97. The third-order valence-corrected chi connectivity index (χ3v) is 9.55. The Balaban J connectivity index is 1.37. The number of likely N-dealkylation sites (N-methyl/N-ethyl adjacent to an activating group) is 1. The average molecular weight is 535 g/mol. The Morgan fingerprint density at radius 3 is 2.71 bits per heavy atom. The second-order valence-corrected chi connectivity index (χ2v) is 12.7. The summed E-state index contributed by atoms with van der Waals surface area (Å²) in [6.07, 6.45) is 5.10. The standard InChI is InChI=1S/C29H38N6O2S/c1-6-18-11-21(14-31-25(18)30)32-26(36)28(37)35-15-17(2)7-9-23(35)19-8-10-24-22(12-19)33-27(38-24)20-13-29(3,4)34(5)16-20/h8,10-12,14,17,20,23H,6-7,9,13,15-16H2,1-5H3,(H2,30,31)(H,32,36)/t17-,20+,23+/m0/s1. The lowest BCUT2D eigenvalue weighted by Crippen LogP contribution is -2.46. The highest BCUT2D eigenvalue weighted by molar-refractivity contribution is 7.18. The van der Waals surface area contributed by atoms with Gasteiger partial charge in [0, 0.05) is 24.5 Å². The highest BCUT2D eigenvalue weighted by Crippen LogP contribution is 2.41.